The maximum Gasteiger partial charge on any atom is 0.0130 e. The minimum absolute atomic E-state index is 0.598. The van der Waals surface area contributed by atoms with Gasteiger partial charge in [-0.05, 0) is 58.7 Å². The summed E-state index contributed by atoms with van der Waals surface area (Å²) in [6.45, 7) is 8.92. The van der Waals surface area contributed by atoms with Crippen molar-refractivity contribution < 1.29 is 0 Å². The Morgan fingerprint density at radius 2 is 1.67 bits per heavy atom. The zero-order chi connectivity index (χ0) is 11.3. The Bertz CT molecular complexity index is 279. The van der Waals surface area contributed by atoms with Crippen molar-refractivity contribution in [2.24, 2.45) is 5.92 Å². The standard InChI is InChI=1S/C13H20IN/c1-10(2)8-15-9-11(3)12-4-6-13(14)7-5-12/h4-7,10-11,15H,8-9H2,1-3H3. The average Bonchev–Trinajstić information content (AvgIpc) is 2.18. The van der Waals surface area contributed by atoms with E-state index in [0.29, 0.717) is 5.92 Å². The van der Waals surface area contributed by atoms with Crippen LogP contribution >= 0.6 is 22.6 Å². The van der Waals surface area contributed by atoms with Gasteiger partial charge in [0, 0.05) is 10.1 Å². The largest absolute Gasteiger partial charge is 0.316 e. The second-order valence-electron chi connectivity index (χ2n) is 4.50. The fourth-order valence-electron chi connectivity index (χ4n) is 1.50. The van der Waals surface area contributed by atoms with Gasteiger partial charge < -0.3 is 5.32 Å². The van der Waals surface area contributed by atoms with E-state index in [1.807, 2.05) is 0 Å². The van der Waals surface area contributed by atoms with E-state index < -0.39 is 0 Å². The Kier molecular flexibility index (Phi) is 5.61. The van der Waals surface area contributed by atoms with Crippen LogP contribution in [0.1, 0.15) is 32.3 Å². The summed E-state index contributed by atoms with van der Waals surface area (Å²) >= 11 is 2.34. The van der Waals surface area contributed by atoms with Crippen LogP contribution in [0.25, 0.3) is 0 Å². The fraction of sp³-hybridized carbons (Fsp3) is 0.538. The minimum Gasteiger partial charge on any atom is -0.316 e. The second kappa shape index (κ2) is 6.48. The first-order valence-electron chi connectivity index (χ1n) is 5.55. The van der Waals surface area contributed by atoms with E-state index in [1.165, 1.54) is 9.13 Å². The first-order valence-corrected chi connectivity index (χ1v) is 6.63. The number of rotatable bonds is 5. The third kappa shape index (κ3) is 4.98. The molecule has 1 atom stereocenters. The number of halogens is 1. The number of hydrogen-bond acceptors (Lipinski definition) is 1. The van der Waals surface area contributed by atoms with Crippen molar-refractivity contribution in [2.75, 3.05) is 13.1 Å². The summed E-state index contributed by atoms with van der Waals surface area (Å²) < 4.78 is 1.30. The van der Waals surface area contributed by atoms with Gasteiger partial charge in [0.1, 0.15) is 0 Å². The Balaban J connectivity index is 2.40. The van der Waals surface area contributed by atoms with E-state index in [4.69, 9.17) is 0 Å². The Morgan fingerprint density at radius 3 is 2.20 bits per heavy atom. The van der Waals surface area contributed by atoms with Gasteiger partial charge in [0.05, 0.1) is 0 Å². The summed E-state index contributed by atoms with van der Waals surface area (Å²) in [5, 5.41) is 3.50. The Labute approximate surface area is 107 Å². The lowest BCUT2D eigenvalue weighted by molar-refractivity contribution is 0.529. The summed E-state index contributed by atoms with van der Waals surface area (Å²) in [7, 11) is 0. The summed E-state index contributed by atoms with van der Waals surface area (Å²) in [5.41, 5.74) is 1.42. The highest BCUT2D eigenvalue weighted by Crippen LogP contribution is 2.15. The molecule has 0 aliphatic rings. The molecule has 0 spiro atoms. The molecule has 0 radical (unpaired) electrons. The normalized spacial score (nSPS) is 13.1. The van der Waals surface area contributed by atoms with E-state index in [-0.39, 0.29) is 0 Å². The van der Waals surface area contributed by atoms with Crippen LogP contribution in [0, 0.1) is 9.49 Å². The first-order chi connectivity index (χ1) is 7.09. The fourth-order valence-corrected chi connectivity index (χ4v) is 1.86. The summed E-state index contributed by atoms with van der Waals surface area (Å²) in [6, 6.07) is 8.80. The van der Waals surface area contributed by atoms with E-state index in [0.717, 1.165) is 19.0 Å². The maximum absolute atomic E-state index is 3.50. The molecule has 0 aromatic heterocycles. The molecule has 0 fully saturated rings. The van der Waals surface area contributed by atoms with Gasteiger partial charge in [0.2, 0.25) is 0 Å². The molecule has 0 saturated carbocycles. The van der Waals surface area contributed by atoms with Gasteiger partial charge in [-0.3, -0.25) is 0 Å². The van der Waals surface area contributed by atoms with E-state index in [2.05, 4.69) is 72.9 Å². The summed E-state index contributed by atoms with van der Waals surface area (Å²) in [5.74, 6) is 1.33. The zero-order valence-electron chi connectivity index (χ0n) is 9.76. The summed E-state index contributed by atoms with van der Waals surface area (Å²) in [4.78, 5) is 0. The van der Waals surface area contributed by atoms with Gasteiger partial charge in [-0.2, -0.15) is 0 Å². The molecule has 84 valence electrons. The van der Waals surface area contributed by atoms with Crippen molar-refractivity contribution in [3.8, 4) is 0 Å². The van der Waals surface area contributed by atoms with Gasteiger partial charge >= 0.3 is 0 Å². The highest BCUT2D eigenvalue weighted by Gasteiger charge is 2.04. The molecule has 1 rings (SSSR count). The van der Waals surface area contributed by atoms with Crippen molar-refractivity contribution in [2.45, 2.75) is 26.7 Å². The molecule has 0 aliphatic heterocycles. The number of benzene rings is 1. The SMILES string of the molecule is CC(C)CNCC(C)c1ccc(I)cc1. The average molecular weight is 317 g/mol. The number of nitrogens with one attached hydrogen (secondary N) is 1. The van der Waals surface area contributed by atoms with Crippen molar-refractivity contribution >= 4 is 22.6 Å². The van der Waals surface area contributed by atoms with E-state index in [1.54, 1.807) is 0 Å². The molecule has 2 heteroatoms. The molecule has 1 aromatic rings. The maximum atomic E-state index is 3.50. The lowest BCUT2D eigenvalue weighted by Crippen LogP contribution is -2.24. The van der Waals surface area contributed by atoms with Crippen LogP contribution in [0.5, 0.6) is 0 Å². The third-order valence-corrected chi connectivity index (χ3v) is 3.16. The molecular weight excluding hydrogens is 297 g/mol. The molecule has 15 heavy (non-hydrogen) atoms. The van der Waals surface area contributed by atoms with Crippen LogP contribution in [-0.2, 0) is 0 Å². The molecule has 1 aromatic carbocycles. The zero-order valence-corrected chi connectivity index (χ0v) is 11.9. The highest BCUT2D eigenvalue weighted by molar-refractivity contribution is 14.1. The van der Waals surface area contributed by atoms with Crippen LogP contribution in [0.4, 0.5) is 0 Å². The predicted molar refractivity (Wildman–Crippen MR) is 75.3 cm³/mol. The van der Waals surface area contributed by atoms with Crippen LogP contribution in [-0.4, -0.2) is 13.1 Å². The molecule has 0 bridgehead atoms. The van der Waals surface area contributed by atoms with Gasteiger partial charge in [-0.25, -0.2) is 0 Å². The van der Waals surface area contributed by atoms with Crippen LogP contribution in [0.3, 0.4) is 0 Å². The molecule has 1 nitrogen and oxygen atoms in total. The Morgan fingerprint density at radius 1 is 1.07 bits per heavy atom. The minimum atomic E-state index is 0.598. The van der Waals surface area contributed by atoms with Crippen molar-refractivity contribution in [3.05, 3.63) is 33.4 Å². The van der Waals surface area contributed by atoms with Gasteiger partial charge in [0.15, 0.2) is 0 Å². The third-order valence-electron chi connectivity index (χ3n) is 2.44. The lowest BCUT2D eigenvalue weighted by atomic mass is 10.0. The van der Waals surface area contributed by atoms with E-state index in [9.17, 15) is 0 Å². The van der Waals surface area contributed by atoms with Crippen molar-refractivity contribution in [1.29, 1.82) is 0 Å². The van der Waals surface area contributed by atoms with Crippen molar-refractivity contribution in [1.82, 2.24) is 5.32 Å². The van der Waals surface area contributed by atoms with Gasteiger partial charge in [0.25, 0.3) is 0 Å². The van der Waals surface area contributed by atoms with Crippen LogP contribution in [0.2, 0.25) is 0 Å². The first kappa shape index (κ1) is 13.0. The Hall–Kier alpha value is -0.0900. The smallest absolute Gasteiger partial charge is 0.0130 e. The molecule has 0 amide bonds. The molecule has 0 saturated heterocycles. The van der Waals surface area contributed by atoms with Gasteiger partial charge in [-0.15, -0.1) is 0 Å². The quantitative estimate of drug-likeness (QED) is 0.818. The monoisotopic (exact) mass is 317 g/mol. The molecule has 0 aliphatic carbocycles. The topological polar surface area (TPSA) is 12.0 Å². The lowest BCUT2D eigenvalue weighted by Gasteiger charge is -2.14. The van der Waals surface area contributed by atoms with Crippen molar-refractivity contribution in [3.63, 3.8) is 0 Å². The second-order valence-corrected chi connectivity index (χ2v) is 5.75. The summed E-state index contributed by atoms with van der Waals surface area (Å²) in [6.07, 6.45) is 0. The van der Waals surface area contributed by atoms with Crippen LogP contribution < -0.4 is 5.32 Å². The molecular formula is C13H20IN. The highest BCUT2D eigenvalue weighted by atomic mass is 127. The van der Waals surface area contributed by atoms with Crippen LogP contribution in [0.15, 0.2) is 24.3 Å². The van der Waals surface area contributed by atoms with Gasteiger partial charge in [-0.1, -0.05) is 32.9 Å². The molecule has 1 unspecified atom stereocenters. The molecule has 1 N–H and O–H groups in total. The molecule has 0 heterocycles. The van der Waals surface area contributed by atoms with E-state index >= 15 is 0 Å². The number of hydrogen-bond donors (Lipinski definition) is 1. The predicted octanol–water partition coefficient (Wildman–Crippen LogP) is 3.64.